The fourth-order valence-electron chi connectivity index (χ4n) is 1.27. The van der Waals surface area contributed by atoms with Gasteiger partial charge in [0.25, 0.3) is 5.91 Å². The maximum absolute atomic E-state index is 11.6. The fourth-order valence-corrected chi connectivity index (χ4v) is 1.27. The average molecular weight is 178 g/mol. The summed E-state index contributed by atoms with van der Waals surface area (Å²) in [5, 5.41) is 0. The van der Waals surface area contributed by atoms with Crippen molar-refractivity contribution >= 4 is 5.91 Å². The number of carbonyl (C=O) groups excluding carboxylic acids is 1. The summed E-state index contributed by atoms with van der Waals surface area (Å²) >= 11 is 0. The highest BCUT2D eigenvalue weighted by molar-refractivity contribution is 5.99. The number of hydrogen-bond acceptors (Lipinski definition) is 2. The molecule has 0 aromatic carbocycles. The van der Waals surface area contributed by atoms with E-state index >= 15 is 0 Å². The van der Waals surface area contributed by atoms with Crippen molar-refractivity contribution in [2.45, 2.75) is 6.92 Å². The van der Waals surface area contributed by atoms with Gasteiger partial charge in [0.15, 0.2) is 0 Å². The van der Waals surface area contributed by atoms with Gasteiger partial charge in [0.1, 0.15) is 5.82 Å². The maximum atomic E-state index is 11.6. The van der Waals surface area contributed by atoms with Gasteiger partial charge in [-0.25, -0.2) is 0 Å². The minimum Gasteiger partial charge on any atom is -0.331 e. The molecule has 1 saturated heterocycles. The van der Waals surface area contributed by atoms with Gasteiger partial charge in [0.2, 0.25) is 0 Å². The maximum Gasteiger partial charge on any atom is 0.260 e. The summed E-state index contributed by atoms with van der Waals surface area (Å²) in [5.74, 6) is 0.608. The van der Waals surface area contributed by atoms with Crippen LogP contribution in [0.15, 0.2) is 36.3 Å². The largest absolute Gasteiger partial charge is 0.331 e. The molecule has 0 unspecified atom stereocenters. The lowest BCUT2D eigenvalue weighted by molar-refractivity contribution is -0.126. The van der Waals surface area contributed by atoms with Crippen LogP contribution in [-0.2, 0) is 4.79 Å². The second-order valence-electron chi connectivity index (χ2n) is 2.99. The van der Waals surface area contributed by atoms with E-state index in [9.17, 15) is 4.79 Å². The average Bonchev–Trinajstić information content (AvgIpc) is 2.13. The van der Waals surface area contributed by atoms with Crippen molar-refractivity contribution in [3.8, 4) is 0 Å². The highest BCUT2D eigenvalue weighted by Crippen LogP contribution is 2.25. The van der Waals surface area contributed by atoms with E-state index in [0.29, 0.717) is 17.1 Å². The second-order valence-corrected chi connectivity index (χ2v) is 2.99. The Morgan fingerprint density at radius 2 is 1.77 bits per heavy atom. The van der Waals surface area contributed by atoms with Gasteiger partial charge in [0.05, 0.1) is 5.57 Å². The van der Waals surface area contributed by atoms with E-state index in [1.165, 1.54) is 4.90 Å². The van der Waals surface area contributed by atoms with Crippen molar-refractivity contribution in [2.75, 3.05) is 14.1 Å². The lowest BCUT2D eigenvalue weighted by Gasteiger charge is -2.36. The van der Waals surface area contributed by atoms with Gasteiger partial charge < -0.3 is 4.90 Å². The number of nitrogens with zero attached hydrogens (tertiary/aromatic N) is 2. The Morgan fingerprint density at radius 1 is 1.23 bits per heavy atom. The van der Waals surface area contributed by atoms with Crippen molar-refractivity contribution < 1.29 is 4.79 Å². The molecule has 1 heterocycles. The zero-order valence-corrected chi connectivity index (χ0v) is 8.29. The molecule has 0 aromatic rings. The molecule has 1 amide bonds. The first-order valence-electron chi connectivity index (χ1n) is 4.07. The number of carbonyl (C=O) groups is 1. The highest BCUT2D eigenvalue weighted by atomic mass is 16.2. The summed E-state index contributed by atoms with van der Waals surface area (Å²) in [7, 11) is 3.55. The molecule has 0 atom stereocenters. The first-order valence-corrected chi connectivity index (χ1v) is 4.07. The SMILES string of the molecule is C=C1/C(=C/C)C(=O)N(C)C(=C)N1C. The fraction of sp³-hybridized carbons (Fsp3) is 0.300. The quantitative estimate of drug-likeness (QED) is 0.522. The van der Waals surface area contributed by atoms with E-state index in [-0.39, 0.29) is 5.91 Å². The van der Waals surface area contributed by atoms with Crippen LogP contribution in [0.3, 0.4) is 0 Å². The summed E-state index contributed by atoms with van der Waals surface area (Å²) in [6.07, 6.45) is 1.77. The van der Waals surface area contributed by atoms with Crippen molar-refractivity contribution in [1.82, 2.24) is 9.80 Å². The molecule has 0 bridgehead atoms. The predicted molar refractivity (Wildman–Crippen MR) is 52.6 cm³/mol. The summed E-state index contributed by atoms with van der Waals surface area (Å²) in [4.78, 5) is 15.0. The molecule has 1 rings (SSSR count). The van der Waals surface area contributed by atoms with Gasteiger partial charge >= 0.3 is 0 Å². The lowest BCUT2D eigenvalue weighted by atomic mass is 10.1. The van der Waals surface area contributed by atoms with E-state index in [1.54, 1.807) is 18.0 Å². The first kappa shape index (κ1) is 9.58. The van der Waals surface area contributed by atoms with Crippen LogP contribution in [0, 0.1) is 0 Å². The molecule has 70 valence electrons. The number of hydrogen-bond donors (Lipinski definition) is 0. The molecule has 1 aliphatic heterocycles. The second kappa shape index (κ2) is 3.09. The number of rotatable bonds is 0. The Hall–Kier alpha value is -1.51. The molecule has 0 spiro atoms. The van der Waals surface area contributed by atoms with E-state index in [1.807, 2.05) is 14.0 Å². The van der Waals surface area contributed by atoms with Crippen LogP contribution in [0.5, 0.6) is 0 Å². The van der Waals surface area contributed by atoms with Gasteiger partial charge in [-0.1, -0.05) is 19.2 Å². The minimum atomic E-state index is -0.0457. The Kier molecular flexibility index (Phi) is 2.28. The van der Waals surface area contributed by atoms with Crippen molar-refractivity contribution in [2.24, 2.45) is 0 Å². The molecule has 13 heavy (non-hydrogen) atoms. The van der Waals surface area contributed by atoms with Crippen LogP contribution < -0.4 is 0 Å². The molecule has 0 N–H and O–H groups in total. The molecule has 3 nitrogen and oxygen atoms in total. The molecular formula is C10H14N2O. The van der Waals surface area contributed by atoms with E-state index in [0.717, 1.165) is 0 Å². The molecular weight excluding hydrogens is 164 g/mol. The van der Waals surface area contributed by atoms with Crippen molar-refractivity contribution in [3.63, 3.8) is 0 Å². The lowest BCUT2D eigenvalue weighted by Crippen LogP contribution is -2.41. The van der Waals surface area contributed by atoms with Gasteiger partial charge in [-0.3, -0.25) is 9.69 Å². The number of allylic oxidation sites excluding steroid dienone is 1. The van der Waals surface area contributed by atoms with Gasteiger partial charge in [-0.05, 0) is 6.92 Å². The van der Waals surface area contributed by atoms with Gasteiger partial charge in [-0.15, -0.1) is 0 Å². The van der Waals surface area contributed by atoms with Crippen LogP contribution >= 0.6 is 0 Å². The summed E-state index contributed by atoms with van der Waals surface area (Å²) in [5.41, 5.74) is 1.34. The minimum absolute atomic E-state index is 0.0457. The monoisotopic (exact) mass is 178 g/mol. The standard InChI is InChI=1S/C10H14N2O/c1-6-9-7(2)11(4)8(3)12(5)10(9)13/h6H,2-3H2,1,4-5H3/b9-6-. The summed E-state index contributed by atoms with van der Waals surface area (Å²) in [6.45, 7) is 9.45. The summed E-state index contributed by atoms with van der Waals surface area (Å²) in [6, 6.07) is 0. The molecule has 1 fully saturated rings. The van der Waals surface area contributed by atoms with Gasteiger partial charge in [-0.2, -0.15) is 0 Å². The normalized spacial score (nSPS) is 21.8. The third-order valence-electron chi connectivity index (χ3n) is 2.31. The molecule has 0 saturated carbocycles. The topological polar surface area (TPSA) is 23.6 Å². The third kappa shape index (κ3) is 1.26. The molecule has 3 heteroatoms. The van der Waals surface area contributed by atoms with Gasteiger partial charge in [0, 0.05) is 19.8 Å². The van der Waals surface area contributed by atoms with Crippen LogP contribution in [0.25, 0.3) is 0 Å². The van der Waals surface area contributed by atoms with E-state index in [4.69, 9.17) is 0 Å². The summed E-state index contributed by atoms with van der Waals surface area (Å²) < 4.78 is 0. The van der Waals surface area contributed by atoms with Crippen LogP contribution in [0.2, 0.25) is 0 Å². The Morgan fingerprint density at radius 3 is 2.23 bits per heavy atom. The Bertz CT molecular complexity index is 289. The van der Waals surface area contributed by atoms with Crippen LogP contribution in [0.4, 0.5) is 0 Å². The zero-order chi connectivity index (χ0) is 10.2. The smallest absolute Gasteiger partial charge is 0.260 e. The third-order valence-corrected chi connectivity index (χ3v) is 2.31. The molecule has 1 aliphatic rings. The number of likely N-dealkylation sites (N-methyl/N-ethyl adjacent to an activating group) is 2. The Labute approximate surface area is 78.6 Å². The van der Waals surface area contributed by atoms with Crippen LogP contribution in [-0.4, -0.2) is 29.8 Å². The number of amides is 1. The van der Waals surface area contributed by atoms with Crippen molar-refractivity contribution in [3.05, 3.63) is 36.3 Å². The Balaban J connectivity index is 3.14. The molecule has 0 aromatic heterocycles. The first-order chi connectivity index (χ1) is 6.00. The van der Waals surface area contributed by atoms with Crippen molar-refractivity contribution in [1.29, 1.82) is 0 Å². The van der Waals surface area contributed by atoms with E-state index in [2.05, 4.69) is 13.2 Å². The predicted octanol–water partition coefficient (Wildman–Crippen LogP) is 1.32. The molecule has 0 aliphatic carbocycles. The molecule has 0 radical (unpaired) electrons. The zero-order valence-electron chi connectivity index (χ0n) is 8.29. The van der Waals surface area contributed by atoms with E-state index < -0.39 is 0 Å². The van der Waals surface area contributed by atoms with Crippen LogP contribution in [0.1, 0.15) is 6.92 Å². The highest BCUT2D eigenvalue weighted by Gasteiger charge is 2.28.